The van der Waals surface area contributed by atoms with Crippen molar-refractivity contribution in [2.75, 3.05) is 11.3 Å². The lowest BCUT2D eigenvalue weighted by molar-refractivity contribution is 0.591. The Labute approximate surface area is 153 Å². The fourth-order valence-electron chi connectivity index (χ4n) is 2.56. The van der Waals surface area contributed by atoms with E-state index in [-0.39, 0.29) is 15.5 Å². The average Bonchev–Trinajstić information content (AvgIpc) is 3.07. The first-order valence-electron chi connectivity index (χ1n) is 8.02. The average molecular weight is 393 g/mol. The quantitative estimate of drug-likeness (QED) is 0.813. The van der Waals surface area contributed by atoms with Crippen LogP contribution in [0.4, 0.5) is 5.69 Å². The highest BCUT2D eigenvalue weighted by Crippen LogP contribution is 2.20. The summed E-state index contributed by atoms with van der Waals surface area (Å²) >= 11 is 0. The molecule has 7 nitrogen and oxygen atoms in total. The van der Waals surface area contributed by atoms with Crippen molar-refractivity contribution in [2.45, 2.75) is 29.6 Å². The number of nitrogens with one attached hydrogen (secondary N) is 2. The summed E-state index contributed by atoms with van der Waals surface area (Å²) in [7, 11) is -7.62. The molecule has 0 unspecified atom stereocenters. The largest absolute Gasteiger partial charge is 0.280 e. The molecule has 0 saturated heterocycles. The monoisotopic (exact) mass is 393 g/mol. The van der Waals surface area contributed by atoms with E-state index < -0.39 is 20.0 Å². The van der Waals surface area contributed by atoms with E-state index in [9.17, 15) is 16.8 Å². The first-order valence-corrected chi connectivity index (χ1v) is 11.0. The zero-order chi connectivity index (χ0) is 18.8. The second kappa shape index (κ2) is 7.08. The number of hydrogen-bond acceptors (Lipinski definition) is 5. The molecule has 1 heterocycles. The Morgan fingerprint density at radius 3 is 2.19 bits per heavy atom. The summed E-state index contributed by atoms with van der Waals surface area (Å²) in [6.45, 7) is 2.40. The summed E-state index contributed by atoms with van der Waals surface area (Å²) in [5.74, 6) is 0.427. The predicted octanol–water partition coefficient (Wildman–Crippen LogP) is 2.27. The van der Waals surface area contributed by atoms with Crippen LogP contribution in [0.3, 0.4) is 0 Å². The molecule has 0 atom stereocenters. The summed E-state index contributed by atoms with van der Waals surface area (Å²) in [5.41, 5.74) is 0.980. The highest BCUT2D eigenvalue weighted by atomic mass is 32.2. The van der Waals surface area contributed by atoms with Gasteiger partial charge in [0.25, 0.3) is 20.0 Å². The Morgan fingerprint density at radius 1 is 0.885 bits per heavy atom. The molecule has 0 aliphatic carbocycles. The van der Waals surface area contributed by atoms with E-state index >= 15 is 0 Å². The number of aryl methyl sites for hydroxylation is 1. The number of rotatable bonds is 5. The number of hydrogen-bond donors (Lipinski definition) is 2. The van der Waals surface area contributed by atoms with E-state index in [0.29, 0.717) is 18.8 Å². The van der Waals surface area contributed by atoms with Crippen molar-refractivity contribution in [3.05, 3.63) is 54.1 Å². The van der Waals surface area contributed by atoms with E-state index in [4.69, 9.17) is 0 Å². The Morgan fingerprint density at radius 2 is 1.54 bits per heavy atom. The number of sulfonamides is 2. The fourth-order valence-corrected chi connectivity index (χ4v) is 4.85. The van der Waals surface area contributed by atoms with Crippen molar-refractivity contribution in [1.82, 2.24) is 4.72 Å². The van der Waals surface area contributed by atoms with Crippen molar-refractivity contribution in [1.29, 1.82) is 0 Å². The minimum absolute atomic E-state index is 0.0310. The number of benzene rings is 2. The van der Waals surface area contributed by atoms with Crippen LogP contribution in [-0.4, -0.2) is 29.2 Å². The Hall–Kier alpha value is -2.39. The van der Waals surface area contributed by atoms with Crippen LogP contribution in [-0.2, 0) is 20.0 Å². The third-order valence-electron chi connectivity index (χ3n) is 3.82. The molecule has 0 amide bonds. The van der Waals surface area contributed by atoms with Gasteiger partial charge in [-0.25, -0.2) is 16.8 Å². The molecule has 26 heavy (non-hydrogen) atoms. The lowest BCUT2D eigenvalue weighted by Gasteiger charge is -2.11. The van der Waals surface area contributed by atoms with Crippen molar-refractivity contribution in [2.24, 2.45) is 4.99 Å². The van der Waals surface area contributed by atoms with Gasteiger partial charge in [0.1, 0.15) is 5.84 Å². The molecule has 2 N–H and O–H groups in total. The third-order valence-corrected chi connectivity index (χ3v) is 6.58. The molecule has 0 radical (unpaired) electrons. The zero-order valence-electron chi connectivity index (χ0n) is 14.1. The molecule has 3 rings (SSSR count). The Balaban J connectivity index is 1.85. The van der Waals surface area contributed by atoms with Gasteiger partial charge in [-0.1, -0.05) is 18.2 Å². The molecule has 1 aliphatic heterocycles. The Bertz CT molecular complexity index is 1060. The standard InChI is InChI=1S/C17H19N3O4S2/c1-13-5-2-7-15(11-13)25(21,22)19-14-6-3-8-16(12-14)26(23,24)20-17-9-4-10-18-17/h2-3,5-8,11-12,19H,4,9-10H2,1H3,(H,18,20). The minimum atomic E-state index is -3.81. The van der Waals surface area contributed by atoms with E-state index in [1.807, 2.05) is 0 Å². The van der Waals surface area contributed by atoms with Crippen molar-refractivity contribution >= 4 is 31.6 Å². The molecule has 0 bridgehead atoms. The van der Waals surface area contributed by atoms with Crippen LogP contribution in [0.1, 0.15) is 18.4 Å². The maximum Gasteiger partial charge on any atom is 0.262 e. The van der Waals surface area contributed by atoms with Gasteiger partial charge in [0.05, 0.1) is 15.5 Å². The molecule has 0 saturated carbocycles. The maximum absolute atomic E-state index is 12.5. The highest BCUT2D eigenvalue weighted by molar-refractivity contribution is 7.92. The minimum Gasteiger partial charge on any atom is -0.280 e. The normalized spacial score (nSPS) is 14.7. The summed E-state index contributed by atoms with van der Waals surface area (Å²) in [6, 6.07) is 12.1. The molecule has 2 aromatic rings. The maximum atomic E-state index is 12.5. The molecular formula is C17H19N3O4S2. The van der Waals surface area contributed by atoms with Crippen LogP contribution >= 0.6 is 0 Å². The van der Waals surface area contributed by atoms with Gasteiger partial charge in [-0.2, -0.15) is 0 Å². The van der Waals surface area contributed by atoms with Gasteiger partial charge < -0.3 is 0 Å². The van der Waals surface area contributed by atoms with Crippen LogP contribution < -0.4 is 9.44 Å². The van der Waals surface area contributed by atoms with Crippen LogP contribution in [0.2, 0.25) is 0 Å². The lowest BCUT2D eigenvalue weighted by Crippen LogP contribution is -2.29. The van der Waals surface area contributed by atoms with Gasteiger partial charge >= 0.3 is 0 Å². The van der Waals surface area contributed by atoms with Crippen molar-refractivity contribution in [3.8, 4) is 0 Å². The molecule has 0 aromatic heterocycles. The van der Waals surface area contributed by atoms with E-state index in [1.54, 1.807) is 25.1 Å². The molecule has 2 aromatic carbocycles. The van der Waals surface area contributed by atoms with Crippen molar-refractivity contribution < 1.29 is 16.8 Å². The van der Waals surface area contributed by atoms with Crippen LogP contribution in [0.5, 0.6) is 0 Å². The molecule has 0 spiro atoms. The number of amidine groups is 1. The predicted molar refractivity (Wildman–Crippen MR) is 100 cm³/mol. The molecule has 1 aliphatic rings. The first-order chi connectivity index (χ1) is 12.3. The first kappa shape index (κ1) is 18.4. The SMILES string of the molecule is Cc1cccc(S(=O)(=O)Nc2cccc(S(=O)(=O)NC3=NCCC3)c2)c1. The second-order valence-corrected chi connectivity index (χ2v) is 9.35. The third kappa shape index (κ3) is 4.23. The zero-order valence-corrected chi connectivity index (χ0v) is 15.8. The van der Waals surface area contributed by atoms with Crippen LogP contribution in [0.15, 0.2) is 63.3 Å². The second-order valence-electron chi connectivity index (χ2n) is 5.99. The number of anilines is 1. The van der Waals surface area contributed by atoms with Gasteiger partial charge in [-0.3, -0.25) is 14.4 Å². The summed E-state index contributed by atoms with van der Waals surface area (Å²) < 4.78 is 54.8. The molecule has 138 valence electrons. The number of aliphatic imine (C=N–C) groups is 1. The Kier molecular flexibility index (Phi) is 5.01. The fraction of sp³-hybridized carbons (Fsp3) is 0.235. The highest BCUT2D eigenvalue weighted by Gasteiger charge is 2.20. The summed E-state index contributed by atoms with van der Waals surface area (Å²) in [6.07, 6.45) is 1.40. The van der Waals surface area contributed by atoms with Gasteiger partial charge in [0.15, 0.2) is 0 Å². The van der Waals surface area contributed by atoms with E-state index in [1.165, 1.54) is 30.3 Å². The lowest BCUT2D eigenvalue weighted by atomic mass is 10.2. The van der Waals surface area contributed by atoms with Gasteiger partial charge in [-0.05, 0) is 49.2 Å². The van der Waals surface area contributed by atoms with Gasteiger partial charge in [0, 0.05) is 13.0 Å². The molecular weight excluding hydrogens is 374 g/mol. The van der Waals surface area contributed by atoms with Gasteiger partial charge in [-0.15, -0.1) is 0 Å². The molecule has 0 fully saturated rings. The van der Waals surface area contributed by atoms with Crippen LogP contribution in [0, 0.1) is 6.92 Å². The van der Waals surface area contributed by atoms with Gasteiger partial charge in [0.2, 0.25) is 0 Å². The van der Waals surface area contributed by atoms with E-state index in [2.05, 4.69) is 14.4 Å². The smallest absolute Gasteiger partial charge is 0.262 e. The summed E-state index contributed by atoms with van der Waals surface area (Å²) in [4.78, 5) is 4.18. The van der Waals surface area contributed by atoms with E-state index in [0.717, 1.165) is 12.0 Å². The molecule has 9 heteroatoms. The number of nitrogens with zero attached hydrogens (tertiary/aromatic N) is 1. The van der Waals surface area contributed by atoms with Crippen LogP contribution in [0.25, 0.3) is 0 Å². The van der Waals surface area contributed by atoms with Crippen molar-refractivity contribution in [3.63, 3.8) is 0 Å². The summed E-state index contributed by atoms with van der Waals surface area (Å²) in [5, 5.41) is 0. The topological polar surface area (TPSA) is 105 Å².